The Morgan fingerprint density at radius 3 is 2.58 bits per heavy atom. The summed E-state index contributed by atoms with van der Waals surface area (Å²) in [5, 5.41) is 16.1. The molecule has 8 nitrogen and oxygen atoms in total. The van der Waals surface area contributed by atoms with E-state index in [2.05, 4.69) is 25.1 Å². The zero-order valence-corrected chi connectivity index (χ0v) is 15.7. The van der Waals surface area contributed by atoms with E-state index in [0.29, 0.717) is 16.5 Å². The molecule has 0 aliphatic rings. The fourth-order valence-corrected chi connectivity index (χ4v) is 2.53. The lowest BCUT2D eigenvalue weighted by atomic mass is 10.2. The van der Waals surface area contributed by atoms with Crippen molar-refractivity contribution in [2.45, 2.75) is 18.6 Å². The molecule has 0 saturated carbocycles. The summed E-state index contributed by atoms with van der Waals surface area (Å²) in [4.78, 5) is 19.9. The fraction of sp³-hybridized carbons (Fsp3) is 0.333. The van der Waals surface area contributed by atoms with Crippen LogP contribution in [0, 0.1) is 0 Å². The average molecular weight is 445 g/mol. The zero-order valence-electron chi connectivity index (χ0n) is 15.7. The molecule has 0 saturated heterocycles. The molecule has 0 unspecified atom stereocenters. The molecule has 0 fully saturated rings. The number of hydrogen-bond donors (Lipinski definition) is 2. The van der Waals surface area contributed by atoms with Gasteiger partial charge in [0.25, 0.3) is 5.91 Å². The third kappa shape index (κ3) is 5.23. The van der Waals surface area contributed by atoms with E-state index in [-0.39, 0.29) is 31.3 Å². The molecule has 3 aromatic rings. The van der Waals surface area contributed by atoms with Crippen molar-refractivity contribution in [1.29, 1.82) is 0 Å². The third-order valence-corrected chi connectivity index (χ3v) is 4.05. The van der Waals surface area contributed by atoms with Crippen LogP contribution in [0.15, 0.2) is 36.8 Å². The molecule has 0 aliphatic heterocycles. The van der Waals surface area contributed by atoms with Crippen LogP contribution in [0.4, 0.5) is 22.0 Å². The number of aromatic nitrogens is 4. The van der Waals surface area contributed by atoms with Crippen molar-refractivity contribution >= 4 is 16.8 Å². The van der Waals surface area contributed by atoms with Crippen molar-refractivity contribution in [1.82, 2.24) is 25.1 Å². The quantitative estimate of drug-likeness (QED) is 0.516. The number of rotatable bonds is 8. The first-order valence-corrected chi connectivity index (χ1v) is 8.84. The van der Waals surface area contributed by atoms with Gasteiger partial charge in [0.15, 0.2) is 6.61 Å². The molecule has 3 rings (SSSR count). The number of nitrogens with zero attached hydrogens (tertiary/aromatic N) is 4. The molecule has 3 aromatic heterocycles. The molecule has 2 N–H and O–H groups in total. The van der Waals surface area contributed by atoms with E-state index in [4.69, 9.17) is 5.11 Å². The van der Waals surface area contributed by atoms with Gasteiger partial charge in [-0.2, -0.15) is 27.1 Å². The number of amides is 1. The summed E-state index contributed by atoms with van der Waals surface area (Å²) < 4.78 is 68.3. The Morgan fingerprint density at radius 1 is 1.16 bits per heavy atom. The lowest BCUT2D eigenvalue weighted by molar-refractivity contribution is -0.290. The summed E-state index contributed by atoms with van der Waals surface area (Å²) in [6.07, 6.45) is -1.47. The Morgan fingerprint density at radius 2 is 1.94 bits per heavy atom. The minimum absolute atomic E-state index is 0.0695. The normalized spacial score (nSPS) is 12.2. The van der Waals surface area contributed by atoms with Gasteiger partial charge in [-0.25, -0.2) is 4.98 Å². The maximum absolute atomic E-state index is 12.9. The smallest absolute Gasteiger partial charge is 0.456 e. The number of fused-ring (bicyclic) bond motifs is 1. The van der Waals surface area contributed by atoms with Gasteiger partial charge in [0, 0.05) is 31.2 Å². The van der Waals surface area contributed by atoms with Crippen molar-refractivity contribution < 1.29 is 36.6 Å². The highest BCUT2D eigenvalue weighted by Crippen LogP contribution is 2.35. The maximum Gasteiger partial charge on any atom is 0.456 e. The standard InChI is InChI=1S/C18H16F5N5O3/c19-17(20,18(21,22)23)10-31-14-2-1-11(7-26-14)8-28-9-12-13(27-28)3-4-24-15(12)16(30)25-5-6-29/h1-4,7,9,29H,5-6,8,10H2,(H,25,30). The minimum atomic E-state index is -5.71. The van der Waals surface area contributed by atoms with Crippen LogP contribution in [0.5, 0.6) is 5.88 Å². The van der Waals surface area contributed by atoms with Crippen molar-refractivity contribution in [3.05, 3.63) is 48.0 Å². The molecular formula is C18H16F5N5O3. The summed E-state index contributed by atoms with van der Waals surface area (Å²) in [6.45, 7) is -1.85. The van der Waals surface area contributed by atoms with Gasteiger partial charge in [0.2, 0.25) is 5.88 Å². The van der Waals surface area contributed by atoms with E-state index in [9.17, 15) is 26.7 Å². The molecule has 166 valence electrons. The lowest BCUT2D eigenvalue weighted by Gasteiger charge is -2.19. The van der Waals surface area contributed by atoms with Gasteiger partial charge in [-0.3, -0.25) is 14.5 Å². The number of halogens is 5. The van der Waals surface area contributed by atoms with Crippen molar-refractivity contribution in [3.8, 4) is 5.88 Å². The second-order valence-electron chi connectivity index (χ2n) is 6.39. The molecule has 0 radical (unpaired) electrons. The minimum Gasteiger partial charge on any atom is -0.471 e. The fourth-order valence-electron chi connectivity index (χ4n) is 2.53. The second-order valence-corrected chi connectivity index (χ2v) is 6.39. The summed E-state index contributed by atoms with van der Waals surface area (Å²) in [6, 6.07) is 4.21. The van der Waals surface area contributed by atoms with E-state index >= 15 is 0 Å². The molecule has 0 aromatic carbocycles. The van der Waals surface area contributed by atoms with Gasteiger partial charge in [0.1, 0.15) is 5.69 Å². The van der Waals surface area contributed by atoms with Crippen LogP contribution in [0.25, 0.3) is 10.9 Å². The monoisotopic (exact) mass is 445 g/mol. The summed E-state index contributed by atoms with van der Waals surface area (Å²) >= 11 is 0. The molecule has 0 bridgehead atoms. The Kier molecular flexibility index (Phi) is 6.34. The van der Waals surface area contributed by atoms with Crippen molar-refractivity contribution in [3.63, 3.8) is 0 Å². The number of pyridine rings is 2. The summed E-state index contributed by atoms with van der Waals surface area (Å²) in [7, 11) is 0. The van der Waals surface area contributed by atoms with Gasteiger partial charge in [0.05, 0.1) is 24.1 Å². The number of ether oxygens (including phenoxy) is 1. The molecule has 3 heterocycles. The molecule has 31 heavy (non-hydrogen) atoms. The Labute approximate surface area is 171 Å². The molecule has 0 atom stereocenters. The Hall–Kier alpha value is -3.35. The predicted octanol–water partition coefficient (Wildman–Crippen LogP) is 2.17. The van der Waals surface area contributed by atoms with E-state index in [1.807, 2.05) is 0 Å². The summed E-state index contributed by atoms with van der Waals surface area (Å²) in [5.41, 5.74) is 1.18. The lowest BCUT2D eigenvalue weighted by Crippen LogP contribution is -2.41. The Bertz CT molecular complexity index is 1050. The number of hydrogen-bond acceptors (Lipinski definition) is 6. The van der Waals surface area contributed by atoms with Gasteiger partial charge < -0.3 is 15.2 Å². The number of nitrogens with one attached hydrogen (secondary N) is 1. The topological polar surface area (TPSA) is 102 Å². The van der Waals surface area contributed by atoms with E-state index in [1.54, 1.807) is 12.3 Å². The van der Waals surface area contributed by atoms with Crippen molar-refractivity contribution in [2.75, 3.05) is 19.8 Å². The van der Waals surface area contributed by atoms with Crippen LogP contribution in [0.1, 0.15) is 16.1 Å². The van der Waals surface area contributed by atoms with Gasteiger partial charge in [-0.05, 0) is 11.6 Å². The van der Waals surface area contributed by atoms with E-state index < -0.39 is 24.6 Å². The second kappa shape index (κ2) is 8.79. The predicted molar refractivity (Wildman–Crippen MR) is 96.8 cm³/mol. The van der Waals surface area contributed by atoms with Gasteiger partial charge >= 0.3 is 12.1 Å². The first kappa shape index (κ1) is 22.3. The number of carbonyl (C=O) groups is 1. The van der Waals surface area contributed by atoms with Gasteiger partial charge in [-0.15, -0.1) is 0 Å². The molecular weight excluding hydrogens is 429 g/mol. The molecule has 13 heteroatoms. The van der Waals surface area contributed by atoms with Crippen LogP contribution in [0.3, 0.4) is 0 Å². The SMILES string of the molecule is O=C(NCCO)c1nccc2nn(Cc3ccc(OCC(F)(F)C(F)(F)F)nc3)cc12. The van der Waals surface area contributed by atoms with Crippen molar-refractivity contribution in [2.24, 2.45) is 0 Å². The largest absolute Gasteiger partial charge is 0.471 e. The highest BCUT2D eigenvalue weighted by atomic mass is 19.4. The first-order valence-electron chi connectivity index (χ1n) is 8.84. The Balaban J connectivity index is 1.69. The summed E-state index contributed by atoms with van der Waals surface area (Å²) in [5.74, 6) is -5.85. The van der Waals surface area contributed by atoms with E-state index in [1.165, 1.54) is 29.2 Å². The molecule has 0 aliphatic carbocycles. The number of aliphatic hydroxyl groups is 1. The maximum atomic E-state index is 12.9. The third-order valence-electron chi connectivity index (χ3n) is 4.05. The van der Waals surface area contributed by atoms with Crippen LogP contribution in [0.2, 0.25) is 0 Å². The van der Waals surface area contributed by atoms with Crippen LogP contribution >= 0.6 is 0 Å². The molecule has 0 spiro atoms. The number of carbonyl (C=O) groups excluding carboxylic acids is 1. The van der Waals surface area contributed by atoms with Gasteiger partial charge in [-0.1, -0.05) is 6.07 Å². The zero-order chi connectivity index (χ0) is 22.6. The van der Waals surface area contributed by atoms with Crippen LogP contribution in [-0.4, -0.2) is 62.6 Å². The number of alkyl halides is 5. The first-order chi connectivity index (χ1) is 14.6. The number of aliphatic hydroxyl groups excluding tert-OH is 1. The highest BCUT2D eigenvalue weighted by Gasteiger charge is 2.58. The highest BCUT2D eigenvalue weighted by molar-refractivity contribution is 6.04. The van der Waals surface area contributed by atoms with Crippen LogP contribution in [-0.2, 0) is 6.54 Å². The molecule has 1 amide bonds. The average Bonchev–Trinajstić information content (AvgIpc) is 3.13. The van der Waals surface area contributed by atoms with Crippen LogP contribution < -0.4 is 10.1 Å². The van der Waals surface area contributed by atoms with E-state index in [0.717, 1.165) is 0 Å².